The topological polar surface area (TPSA) is 58.4 Å². The van der Waals surface area contributed by atoms with Crippen LogP contribution in [0, 0.1) is 0 Å². The molecule has 4 nitrogen and oxygen atoms in total. The van der Waals surface area contributed by atoms with Crippen molar-refractivity contribution in [2.24, 2.45) is 5.73 Å². The number of primary amides is 1. The number of rotatable bonds is 8. The molecular formula is C17H27N3O. The molecule has 0 radical (unpaired) electrons. The molecule has 0 aromatic heterocycles. The third-order valence-electron chi connectivity index (χ3n) is 4.29. The molecule has 0 heterocycles. The molecule has 1 aliphatic rings. The van der Waals surface area contributed by atoms with Crippen LogP contribution in [0.15, 0.2) is 30.3 Å². The van der Waals surface area contributed by atoms with Crippen molar-refractivity contribution in [2.45, 2.75) is 51.2 Å². The van der Waals surface area contributed by atoms with Gasteiger partial charge in [-0.2, -0.15) is 0 Å². The van der Waals surface area contributed by atoms with Gasteiger partial charge in [-0.05, 0) is 38.8 Å². The molecule has 1 atom stereocenters. The zero-order valence-corrected chi connectivity index (χ0v) is 13.3. The Morgan fingerprint density at radius 2 is 2.00 bits per heavy atom. The minimum atomic E-state index is -0.803. The number of hydrogen-bond donors (Lipinski definition) is 2. The average molecular weight is 289 g/mol. The Balaban J connectivity index is 2.37. The summed E-state index contributed by atoms with van der Waals surface area (Å²) in [5.74, 6) is -0.292. The maximum atomic E-state index is 12.4. The molecule has 0 bridgehead atoms. The van der Waals surface area contributed by atoms with E-state index in [9.17, 15) is 4.79 Å². The van der Waals surface area contributed by atoms with Gasteiger partial charge in [-0.3, -0.25) is 15.0 Å². The molecule has 1 aromatic rings. The average Bonchev–Trinajstić information content (AvgIpc) is 3.27. The van der Waals surface area contributed by atoms with E-state index in [-0.39, 0.29) is 5.91 Å². The van der Waals surface area contributed by atoms with E-state index < -0.39 is 5.54 Å². The Labute approximate surface area is 127 Å². The molecular weight excluding hydrogens is 262 g/mol. The fourth-order valence-corrected chi connectivity index (χ4v) is 2.77. The van der Waals surface area contributed by atoms with Crippen LogP contribution in [0.25, 0.3) is 0 Å². The second-order valence-corrected chi connectivity index (χ2v) is 6.21. The summed E-state index contributed by atoms with van der Waals surface area (Å²) in [6.07, 6.45) is 2.24. The lowest BCUT2D eigenvalue weighted by Gasteiger charge is -2.38. The van der Waals surface area contributed by atoms with Gasteiger partial charge in [0.05, 0.1) is 0 Å². The molecule has 1 unspecified atom stereocenters. The minimum absolute atomic E-state index is 0.292. The zero-order chi connectivity index (χ0) is 15.5. The van der Waals surface area contributed by atoms with E-state index in [0.29, 0.717) is 18.6 Å². The molecule has 0 aliphatic heterocycles. The third kappa shape index (κ3) is 3.63. The molecule has 1 fully saturated rings. The number of carbonyl (C=O) groups is 1. The van der Waals surface area contributed by atoms with E-state index in [0.717, 1.165) is 24.9 Å². The fourth-order valence-electron chi connectivity index (χ4n) is 2.77. The number of nitrogens with one attached hydrogen (secondary N) is 1. The Hall–Kier alpha value is -1.39. The highest BCUT2D eigenvalue weighted by molar-refractivity contribution is 5.86. The van der Waals surface area contributed by atoms with Crippen LogP contribution >= 0.6 is 0 Å². The van der Waals surface area contributed by atoms with Crippen LogP contribution in [0.4, 0.5) is 0 Å². The van der Waals surface area contributed by atoms with Crippen molar-refractivity contribution in [1.82, 2.24) is 10.2 Å². The first-order valence-electron chi connectivity index (χ1n) is 7.86. The van der Waals surface area contributed by atoms with Crippen molar-refractivity contribution in [1.29, 1.82) is 0 Å². The highest BCUT2D eigenvalue weighted by Crippen LogP contribution is 2.30. The molecule has 116 valence electrons. The monoisotopic (exact) mass is 289 g/mol. The van der Waals surface area contributed by atoms with Crippen molar-refractivity contribution in [2.75, 3.05) is 13.1 Å². The van der Waals surface area contributed by atoms with E-state index >= 15 is 0 Å². The maximum absolute atomic E-state index is 12.4. The second-order valence-electron chi connectivity index (χ2n) is 6.21. The predicted octanol–water partition coefficient (Wildman–Crippen LogP) is 1.85. The first-order chi connectivity index (χ1) is 9.99. The largest absolute Gasteiger partial charge is 0.368 e. The van der Waals surface area contributed by atoms with Gasteiger partial charge < -0.3 is 5.73 Å². The Kier molecular flexibility index (Phi) is 5.01. The van der Waals surface area contributed by atoms with Crippen LogP contribution in [0.3, 0.4) is 0 Å². The Morgan fingerprint density at radius 1 is 1.38 bits per heavy atom. The summed E-state index contributed by atoms with van der Waals surface area (Å²) in [5.41, 5.74) is 6.01. The SMILES string of the molecule is CCN(CC(NC1CC1)(C(N)=O)c1ccccc1)C(C)C. The number of hydrogen-bond acceptors (Lipinski definition) is 3. The summed E-state index contributed by atoms with van der Waals surface area (Å²) >= 11 is 0. The molecule has 0 spiro atoms. The van der Waals surface area contributed by atoms with Crippen molar-refractivity contribution in [3.8, 4) is 0 Å². The van der Waals surface area contributed by atoms with E-state index in [1.165, 1.54) is 0 Å². The van der Waals surface area contributed by atoms with Gasteiger partial charge in [0.25, 0.3) is 0 Å². The highest BCUT2D eigenvalue weighted by Gasteiger charge is 2.44. The number of benzene rings is 1. The fraction of sp³-hybridized carbons (Fsp3) is 0.588. The van der Waals surface area contributed by atoms with Crippen molar-refractivity contribution in [3.05, 3.63) is 35.9 Å². The van der Waals surface area contributed by atoms with Gasteiger partial charge in [-0.25, -0.2) is 0 Å². The molecule has 1 aliphatic carbocycles. The number of carbonyl (C=O) groups excluding carboxylic acids is 1. The van der Waals surface area contributed by atoms with Gasteiger partial charge in [-0.1, -0.05) is 37.3 Å². The van der Waals surface area contributed by atoms with Gasteiger partial charge in [0.15, 0.2) is 0 Å². The molecule has 0 saturated heterocycles. The van der Waals surface area contributed by atoms with Crippen LogP contribution in [-0.4, -0.2) is 36.0 Å². The standard InChI is InChI=1S/C17H27N3O/c1-4-20(13(2)3)12-17(16(18)21,19-15-10-11-15)14-8-6-5-7-9-14/h5-9,13,15,19H,4,10-12H2,1-3H3,(H2,18,21). The van der Waals surface area contributed by atoms with Crippen molar-refractivity contribution < 1.29 is 4.79 Å². The molecule has 1 amide bonds. The van der Waals surface area contributed by atoms with Gasteiger partial charge in [-0.15, -0.1) is 0 Å². The smallest absolute Gasteiger partial charge is 0.243 e. The van der Waals surface area contributed by atoms with Gasteiger partial charge in [0.1, 0.15) is 5.54 Å². The highest BCUT2D eigenvalue weighted by atomic mass is 16.1. The van der Waals surface area contributed by atoms with E-state index in [1.807, 2.05) is 30.3 Å². The lowest BCUT2D eigenvalue weighted by atomic mass is 9.87. The summed E-state index contributed by atoms with van der Waals surface area (Å²) in [5, 5.41) is 3.52. The summed E-state index contributed by atoms with van der Waals surface area (Å²) in [4.78, 5) is 14.7. The Bertz CT molecular complexity index is 470. The van der Waals surface area contributed by atoms with E-state index in [4.69, 9.17) is 5.73 Å². The van der Waals surface area contributed by atoms with Crippen LogP contribution in [0.1, 0.15) is 39.2 Å². The van der Waals surface area contributed by atoms with E-state index in [2.05, 4.69) is 31.0 Å². The van der Waals surface area contributed by atoms with Crippen LogP contribution in [0.2, 0.25) is 0 Å². The number of likely N-dealkylation sites (N-methyl/N-ethyl adjacent to an activating group) is 1. The van der Waals surface area contributed by atoms with Gasteiger partial charge in [0, 0.05) is 18.6 Å². The summed E-state index contributed by atoms with van der Waals surface area (Å²) in [6, 6.07) is 10.7. The van der Waals surface area contributed by atoms with Gasteiger partial charge in [0.2, 0.25) is 5.91 Å². The second kappa shape index (κ2) is 6.58. The molecule has 21 heavy (non-hydrogen) atoms. The van der Waals surface area contributed by atoms with E-state index in [1.54, 1.807) is 0 Å². The summed E-state index contributed by atoms with van der Waals surface area (Å²) in [6.45, 7) is 7.92. The quantitative estimate of drug-likeness (QED) is 0.768. The van der Waals surface area contributed by atoms with Crippen molar-refractivity contribution >= 4 is 5.91 Å². The van der Waals surface area contributed by atoms with Gasteiger partial charge >= 0.3 is 0 Å². The lowest BCUT2D eigenvalue weighted by Crippen LogP contribution is -2.60. The van der Waals surface area contributed by atoms with Crippen LogP contribution in [0.5, 0.6) is 0 Å². The summed E-state index contributed by atoms with van der Waals surface area (Å²) in [7, 11) is 0. The molecule has 2 rings (SSSR count). The minimum Gasteiger partial charge on any atom is -0.368 e. The molecule has 4 heteroatoms. The zero-order valence-electron chi connectivity index (χ0n) is 13.3. The van der Waals surface area contributed by atoms with Crippen LogP contribution < -0.4 is 11.1 Å². The predicted molar refractivity (Wildman–Crippen MR) is 85.9 cm³/mol. The van der Waals surface area contributed by atoms with Crippen molar-refractivity contribution in [3.63, 3.8) is 0 Å². The number of amides is 1. The number of nitrogens with zero attached hydrogens (tertiary/aromatic N) is 1. The Morgan fingerprint density at radius 3 is 2.43 bits per heavy atom. The molecule has 1 saturated carbocycles. The molecule has 1 aromatic carbocycles. The first kappa shape index (κ1) is 16.0. The summed E-state index contributed by atoms with van der Waals surface area (Å²) < 4.78 is 0. The first-order valence-corrected chi connectivity index (χ1v) is 7.86. The number of nitrogens with two attached hydrogens (primary N) is 1. The maximum Gasteiger partial charge on any atom is 0.243 e. The lowest BCUT2D eigenvalue weighted by molar-refractivity contribution is -0.126. The third-order valence-corrected chi connectivity index (χ3v) is 4.29. The molecule has 3 N–H and O–H groups in total. The van der Waals surface area contributed by atoms with Crippen LogP contribution in [-0.2, 0) is 10.3 Å². The normalized spacial score (nSPS) is 18.0.